The molecule has 0 amide bonds. The molecule has 0 bridgehead atoms. The fourth-order valence-electron chi connectivity index (χ4n) is 1.91. The van der Waals surface area contributed by atoms with Crippen LogP contribution in [0, 0.1) is 11.6 Å². The predicted molar refractivity (Wildman–Crippen MR) is 71.5 cm³/mol. The van der Waals surface area contributed by atoms with E-state index >= 15 is 0 Å². The van der Waals surface area contributed by atoms with Crippen LogP contribution in [0.25, 0.3) is 0 Å². The van der Waals surface area contributed by atoms with Gasteiger partial charge >= 0.3 is 0 Å². The van der Waals surface area contributed by atoms with Crippen molar-refractivity contribution < 1.29 is 18.3 Å². The van der Waals surface area contributed by atoms with Crippen molar-refractivity contribution in [1.82, 2.24) is 15.0 Å². The number of hydrogen-bond acceptors (Lipinski definition) is 4. The van der Waals surface area contributed by atoms with Crippen molar-refractivity contribution in [2.45, 2.75) is 26.7 Å². The zero-order valence-corrected chi connectivity index (χ0v) is 11.9. The third-order valence-corrected chi connectivity index (χ3v) is 2.70. The third-order valence-electron chi connectivity index (χ3n) is 2.70. The van der Waals surface area contributed by atoms with Crippen molar-refractivity contribution in [3.63, 3.8) is 0 Å². The molecule has 0 saturated heterocycles. The molecule has 0 fully saturated rings. The highest BCUT2D eigenvalue weighted by Gasteiger charge is 2.15. The molecule has 2 aromatic rings. The number of halogens is 2. The highest BCUT2D eigenvalue weighted by molar-refractivity contribution is 5.18. The van der Waals surface area contributed by atoms with Crippen LogP contribution in [-0.4, -0.2) is 28.2 Å². The molecule has 0 radical (unpaired) electrons. The summed E-state index contributed by atoms with van der Waals surface area (Å²) in [6.45, 7) is 4.88. The van der Waals surface area contributed by atoms with Crippen molar-refractivity contribution >= 4 is 0 Å². The van der Waals surface area contributed by atoms with E-state index in [1.54, 1.807) is 6.20 Å². The van der Waals surface area contributed by atoms with Crippen LogP contribution in [0.2, 0.25) is 0 Å². The molecular weight excluding hydrogens is 280 g/mol. The van der Waals surface area contributed by atoms with Gasteiger partial charge in [0.1, 0.15) is 17.3 Å². The van der Waals surface area contributed by atoms with E-state index < -0.39 is 17.9 Å². The van der Waals surface area contributed by atoms with E-state index in [0.717, 1.165) is 6.07 Å². The van der Waals surface area contributed by atoms with Crippen LogP contribution in [0.1, 0.15) is 31.4 Å². The van der Waals surface area contributed by atoms with Crippen molar-refractivity contribution in [3.05, 3.63) is 47.3 Å². The van der Waals surface area contributed by atoms with Crippen LogP contribution in [0.3, 0.4) is 0 Å². The smallest absolute Gasteiger partial charge is 0.204 e. The molecule has 21 heavy (non-hydrogen) atoms. The Morgan fingerprint density at radius 3 is 2.29 bits per heavy atom. The molecule has 5 nitrogen and oxygen atoms in total. The molecule has 0 N–H and O–H groups in total. The van der Waals surface area contributed by atoms with E-state index in [-0.39, 0.29) is 6.54 Å². The predicted octanol–water partition coefficient (Wildman–Crippen LogP) is 2.68. The summed E-state index contributed by atoms with van der Waals surface area (Å²) >= 11 is 0. The highest BCUT2D eigenvalue weighted by Crippen LogP contribution is 2.16. The average Bonchev–Trinajstić information content (AvgIpc) is 2.85. The van der Waals surface area contributed by atoms with E-state index in [1.807, 2.05) is 13.8 Å². The van der Waals surface area contributed by atoms with Gasteiger partial charge in [-0.1, -0.05) is 5.21 Å². The van der Waals surface area contributed by atoms with Crippen molar-refractivity contribution in [1.29, 1.82) is 0 Å². The molecule has 1 heterocycles. The van der Waals surface area contributed by atoms with E-state index in [9.17, 15) is 8.78 Å². The van der Waals surface area contributed by atoms with Gasteiger partial charge in [0.2, 0.25) is 6.29 Å². The largest absolute Gasteiger partial charge is 0.347 e. The van der Waals surface area contributed by atoms with E-state index in [2.05, 4.69) is 10.3 Å². The van der Waals surface area contributed by atoms with Crippen LogP contribution >= 0.6 is 0 Å². The Morgan fingerprint density at radius 1 is 1.10 bits per heavy atom. The Kier molecular flexibility index (Phi) is 5.35. The number of rotatable bonds is 7. The Labute approximate surface area is 121 Å². The van der Waals surface area contributed by atoms with Crippen molar-refractivity contribution in [3.8, 4) is 0 Å². The first kappa shape index (κ1) is 15.5. The van der Waals surface area contributed by atoms with Crippen LogP contribution in [-0.2, 0) is 16.0 Å². The zero-order chi connectivity index (χ0) is 15.2. The van der Waals surface area contributed by atoms with Crippen LogP contribution in [0.15, 0.2) is 24.4 Å². The third kappa shape index (κ3) is 4.30. The number of nitrogens with zero attached hydrogens (tertiary/aromatic N) is 3. The summed E-state index contributed by atoms with van der Waals surface area (Å²) in [5.74, 6) is -1.24. The first-order valence-corrected chi connectivity index (χ1v) is 6.70. The molecule has 114 valence electrons. The van der Waals surface area contributed by atoms with Crippen LogP contribution in [0.4, 0.5) is 8.78 Å². The van der Waals surface area contributed by atoms with Gasteiger partial charge in [-0.05, 0) is 31.5 Å². The van der Waals surface area contributed by atoms with Gasteiger partial charge in [-0.25, -0.2) is 13.5 Å². The minimum absolute atomic E-state index is 0.215. The molecule has 2 rings (SSSR count). The molecule has 0 unspecified atom stereocenters. The molecule has 0 aliphatic heterocycles. The SMILES string of the molecule is CCOC(OCC)c1cn(Cc2cc(F)cc(F)c2)nn1. The Morgan fingerprint density at radius 2 is 1.71 bits per heavy atom. The molecule has 0 saturated carbocycles. The second-order valence-electron chi connectivity index (χ2n) is 4.36. The van der Waals surface area contributed by atoms with Crippen molar-refractivity contribution in [2.24, 2.45) is 0 Å². The summed E-state index contributed by atoms with van der Waals surface area (Å²) in [4.78, 5) is 0. The first-order chi connectivity index (χ1) is 10.1. The summed E-state index contributed by atoms with van der Waals surface area (Å²) in [5.41, 5.74) is 0.990. The summed E-state index contributed by atoms with van der Waals surface area (Å²) in [7, 11) is 0. The molecule has 1 aromatic heterocycles. The maximum atomic E-state index is 13.1. The molecule has 0 aliphatic carbocycles. The van der Waals surface area contributed by atoms with Crippen molar-refractivity contribution in [2.75, 3.05) is 13.2 Å². The van der Waals surface area contributed by atoms with E-state index in [0.29, 0.717) is 24.5 Å². The topological polar surface area (TPSA) is 49.2 Å². The normalized spacial score (nSPS) is 11.3. The van der Waals surface area contributed by atoms with Crippen LogP contribution < -0.4 is 0 Å². The standard InChI is InChI=1S/C14H17F2N3O2/c1-3-20-14(21-4-2)13-9-19(18-17-13)8-10-5-11(15)7-12(16)6-10/h5-7,9,14H,3-4,8H2,1-2H3. The minimum Gasteiger partial charge on any atom is -0.347 e. The van der Waals surface area contributed by atoms with Gasteiger partial charge in [0, 0.05) is 19.3 Å². The fourth-order valence-corrected chi connectivity index (χ4v) is 1.91. The number of benzene rings is 1. The van der Waals surface area contributed by atoms with Gasteiger partial charge in [-0.2, -0.15) is 0 Å². The molecule has 0 spiro atoms. The zero-order valence-electron chi connectivity index (χ0n) is 11.9. The first-order valence-electron chi connectivity index (χ1n) is 6.70. The van der Waals surface area contributed by atoms with Gasteiger partial charge in [-0.15, -0.1) is 5.10 Å². The lowest BCUT2D eigenvalue weighted by molar-refractivity contribution is -0.142. The van der Waals surface area contributed by atoms with Crippen LogP contribution in [0.5, 0.6) is 0 Å². The monoisotopic (exact) mass is 297 g/mol. The van der Waals surface area contributed by atoms with E-state index in [1.165, 1.54) is 16.8 Å². The lowest BCUT2D eigenvalue weighted by atomic mass is 10.2. The van der Waals surface area contributed by atoms with Gasteiger partial charge in [0.25, 0.3) is 0 Å². The molecule has 0 aliphatic rings. The summed E-state index contributed by atoms with van der Waals surface area (Å²) in [6, 6.07) is 3.34. The van der Waals surface area contributed by atoms with Gasteiger partial charge in [0.15, 0.2) is 0 Å². The fraction of sp³-hybridized carbons (Fsp3) is 0.429. The number of ether oxygens (including phenoxy) is 2. The molecule has 1 aromatic carbocycles. The summed E-state index contributed by atoms with van der Waals surface area (Å²) in [5, 5.41) is 7.89. The number of hydrogen-bond donors (Lipinski definition) is 0. The van der Waals surface area contributed by atoms with Gasteiger partial charge < -0.3 is 9.47 Å². The highest BCUT2D eigenvalue weighted by atomic mass is 19.1. The lowest BCUT2D eigenvalue weighted by Gasteiger charge is -2.13. The second-order valence-corrected chi connectivity index (χ2v) is 4.36. The van der Waals surface area contributed by atoms with E-state index in [4.69, 9.17) is 9.47 Å². The average molecular weight is 297 g/mol. The maximum Gasteiger partial charge on any atom is 0.204 e. The van der Waals surface area contributed by atoms with Gasteiger partial charge in [0.05, 0.1) is 12.7 Å². The molecule has 7 heteroatoms. The minimum atomic E-state index is -0.619. The molecular formula is C14H17F2N3O2. The van der Waals surface area contributed by atoms with Gasteiger partial charge in [-0.3, -0.25) is 0 Å². The Hall–Kier alpha value is -1.86. The summed E-state index contributed by atoms with van der Waals surface area (Å²) in [6.07, 6.45) is 1.05. The summed E-state index contributed by atoms with van der Waals surface area (Å²) < 4.78 is 38.6. The maximum absolute atomic E-state index is 13.1. The lowest BCUT2D eigenvalue weighted by Crippen LogP contribution is -2.09. The quantitative estimate of drug-likeness (QED) is 0.737. The second kappa shape index (κ2) is 7.24. The Bertz CT molecular complexity index is 563. The Balaban J connectivity index is 2.11. The molecule has 0 atom stereocenters. The number of aromatic nitrogens is 3.